The van der Waals surface area contributed by atoms with Crippen LogP contribution in [0.25, 0.3) is 11.1 Å². The van der Waals surface area contributed by atoms with Crippen LogP contribution in [0.1, 0.15) is 50.5 Å². The lowest BCUT2D eigenvalue weighted by atomic mass is 9.68. The van der Waals surface area contributed by atoms with Gasteiger partial charge in [-0.3, -0.25) is 4.79 Å². The van der Waals surface area contributed by atoms with Crippen LogP contribution < -0.4 is 15.2 Å². The predicted molar refractivity (Wildman–Crippen MR) is 129 cm³/mol. The number of benzene rings is 2. The summed E-state index contributed by atoms with van der Waals surface area (Å²) in [6.45, 7) is 1.35. The van der Waals surface area contributed by atoms with E-state index in [2.05, 4.69) is 4.72 Å². The van der Waals surface area contributed by atoms with Gasteiger partial charge >= 0.3 is 0 Å². The molecule has 0 bridgehead atoms. The first kappa shape index (κ1) is 23.7. The van der Waals surface area contributed by atoms with Crippen molar-refractivity contribution in [1.82, 2.24) is 9.03 Å². The molecule has 1 saturated carbocycles. The second kappa shape index (κ2) is 10.2. The third-order valence-corrected chi connectivity index (χ3v) is 8.57. The van der Waals surface area contributed by atoms with E-state index in [0.29, 0.717) is 24.3 Å². The summed E-state index contributed by atoms with van der Waals surface area (Å²) in [4.78, 5) is 10.8. The van der Waals surface area contributed by atoms with Crippen LogP contribution in [0.4, 0.5) is 0 Å². The maximum absolute atomic E-state index is 12.8. The average molecular weight is 472 g/mol. The zero-order valence-electron chi connectivity index (χ0n) is 19.0. The lowest BCUT2D eigenvalue weighted by Gasteiger charge is -2.43. The molecule has 2 aromatic carbocycles. The summed E-state index contributed by atoms with van der Waals surface area (Å²) in [5.74, 6) is 0.0643. The molecule has 1 saturated heterocycles. The Hall–Kier alpha value is -2.42. The molecule has 3 N–H and O–H groups in total. The van der Waals surface area contributed by atoms with E-state index in [0.717, 1.165) is 29.5 Å². The van der Waals surface area contributed by atoms with E-state index in [-0.39, 0.29) is 13.2 Å². The monoisotopic (exact) mass is 471 g/mol. The Bertz CT molecular complexity index is 1040. The molecule has 4 rings (SSSR count). The number of carbonyl (C=O) groups is 1. The van der Waals surface area contributed by atoms with E-state index in [1.807, 2.05) is 36.4 Å². The highest BCUT2D eigenvalue weighted by Crippen LogP contribution is 2.44. The van der Waals surface area contributed by atoms with Crippen LogP contribution in [-0.2, 0) is 21.5 Å². The van der Waals surface area contributed by atoms with Gasteiger partial charge in [0.25, 0.3) is 16.1 Å². The number of amides is 1. The number of ether oxygens (including phenoxy) is 1. The molecule has 2 aliphatic rings. The van der Waals surface area contributed by atoms with Gasteiger partial charge in [-0.05, 0) is 59.9 Å². The Kier molecular flexibility index (Phi) is 7.36. The van der Waals surface area contributed by atoms with Crippen molar-refractivity contribution in [3.05, 3.63) is 54.1 Å². The first-order chi connectivity index (χ1) is 15.9. The molecule has 0 aromatic heterocycles. The number of nitrogens with two attached hydrogens (primary N) is 1. The largest absolute Gasteiger partial charge is 0.484 e. The van der Waals surface area contributed by atoms with Crippen LogP contribution in [0.15, 0.2) is 48.5 Å². The number of primary amides is 1. The Morgan fingerprint density at radius 3 is 2.06 bits per heavy atom. The summed E-state index contributed by atoms with van der Waals surface area (Å²) in [5, 5.41) is 0. The molecule has 2 aromatic rings. The summed E-state index contributed by atoms with van der Waals surface area (Å²) in [6, 6.07) is 15.2. The molecule has 1 aliphatic carbocycles. The minimum absolute atomic E-state index is 0.151. The predicted octanol–water partition coefficient (Wildman–Crippen LogP) is 3.60. The molecule has 8 heteroatoms. The van der Waals surface area contributed by atoms with Gasteiger partial charge in [0.1, 0.15) is 5.75 Å². The molecule has 1 aliphatic heterocycles. The van der Waals surface area contributed by atoms with Crippen molar-refractivity contribution < 1.29 is 17.9 Å². The van der Waals surface area contributed by atoms with E-state index in [1.54, 1.807) is 16.4 Å². The van der Waals surface area contributed by atoms with Crippen LogP contribution in [0.2, 0.25) is 0 Å². The van der Waals surface area contributed by atoms with E-state index < -0.39 is 16.1 Å². The number of rotatable bonds is 8. The van der Waals surface area contributed by atoms with Crippen molar-refractivity contribution in [1.29, 1.82) is 0 Å². The van der Waals surface area contributed by atoms with Crippen molar-refractivity contribution >= 4 is 16.1 Å². The van der Waals surface area contributed by atoms with Crippen molar-refractivity contribution in [2.45, 2.75) is 51.5 Å². The third-order valence-electron chi connectivity index (χ3n) is 7.02. The zero-order valence-corrected chi connectivity index (χ0v) is 19.8. The van der Waals surface area contributed by atoms with Crippen LogP contribution >= 0.6 is 0 Å². The molecule has 33 heavy (non-hydrogen) atoms. The second-order valence-electron chi connectivity index (χ2n) is 9.26. The number of hydrogen-bond acceptors (Lipinski definition) is 4. The van der Waals surface area contributed by atoms with Crippen LogP contribution in [0.5, 0.6) is 5.75 Å². The van der Waals surface area contributed by atoms with Crippen molar-refractivity contribution in [2.75, 3.05) is 19.7 Å². The number of nitrogens with one attached hydrogen (secondary N) is 1. The highest BCUT2D eigenvalue weighted by Gasteiger charge is 2.38. The molecule has 1 amide bonds. The van der Waals surface area contributed by atoms with E-state index in [4.69, 9.17) is 10.5 Å². The summed E-state index contributed by atoms with van der Waals surface area (Å²) in [6.07, 6.45) is 8.36. The standard InChI is InChI=1S/C25H33N3O4S/c26-24(29)19-32-23-10-8-22(9-11-23)21-6-4-20(5-7-21)18-27-33(30,31)28-16-14-25(15-17-28)12-2-1-3-13-25/h4-11,27H,1-3,12-19H2,(H2,26,29). The quantitative estimate of drug-likeness (QED) is 0.614. The Morgan fingerprint density at radius 1 is 0.909 bits per heavy atom. The van der Waals surface area contributed by atoms with E-state index in [9.17, 15) is 13.2 Å². The third kappa shape index (κ3) is 6.13. The Labute approximate surface area is 196 Å². The summed E-state index contributed by atoms with van der Waals surface area (Å²) < 4.78 is 35.3. The fraction of sp³-hybridized carbons (Fsp3) is 0.480. The molecule has 2 fully saturated rings. The minimum Gasteiger partial charge on any atom is -0.484 e. The smallest absolute Gasteiger partial charge is 0.279 e. The van der Waals surface area contributed by atoms with Crippen LogP contribution in [0.3, 0.4) is 0 Å². The number of piperidine rings is 1. The van der Waals surface area contributed by atoms with Gasteiger partial charge < -0.3 is 10.5 Å². The van der Waals surface area contributed by atoms with E-state index in [1.165, 1.54) is 32.1 Å². The molecule has 178 valence electrons. The molecule has 0 radical (unpaired) electrons. The van der Waals surface area contributed by atoms with Gasteiger partial charge in [0.2, 0.25) is 0 Å². The van der Waals surface area contributed by atoms with Gasteiger partial charge in [-0.1, -0.05) is 55.7 Å². The molecule has 0 unspecified atom stereocenters. The highest BCUT2D eigenvalue weighted by molar-refractivity contribution is 7.87. The van der Waals surface area contributed by atoms with Crippen molar-refractivity contribution in [3.63, 3.8) is 0 Å². The summed E-state index contributed by atoms with van der Waals surface area (Å²) in [7, 11) is -3.48. The summed E-state index contributed by atoms with van der Waals surface area (Å²) >= 11 is 0. The maximum atomic E-state index is 12.8. The first-order valence-corrected chi connectivity index (χ1v) is 13.1. The number of hydrogen-bond donors (Lipinski definition) is 2. The topological polar surface area (TPSA) is 102 Å². The second-order valence-corrected chi connectivity index (χ2v) is 11.0. The lowest BCUT2D eigenvalue weighted by molar-refractivity contribution is -0.119. The normalized spacial score (nSPS) is 18.8. The van der Waals surface area contributed by atoms with Gasteiger partial charge in [0.05, 0.1) is 0 Å². The number of nitrogens with zero attached hydrogens (tertiary/aromatic N) is 1. The first-order valence-electron chi connectivity index (χ1n) is 11.7. The maximum Gasteiger partial charge on any atom is 0.279 e. The zero-order chi connectivity index (χ0) is 23.3. The average Bonchev–Trinajstić information content (AvgIpc) is 2.83. The van der Waals surface area contributed by atoms with Crippen molar-refractivity contribution in [2.24, 2.45) is 11.1 Å². The Morgan fingerprint density at radius 2 is 1.48 bits per heavy atom. The molecule has 1 heterocycles. The van der Waals surface area contributed by atoms with Crippen LogP contribution in [-0.4, -0.2) is 38.3 Å². The molecule has 7 nitrogen and oxygen atoms in total. The van der Waals surface area contributed by atoms with Crippen LogP contribution in [0, 0.1) is 5.41 Å². The Balaban J connectivity index is 1.29. The van der Waals surface area contributed by atoms with Gasteiger partial charge in [0, 0.05) is 19.6 Å². The molecular weight excluding hydrogens is 438 g/mol. The fourth-order valence-corrected chi connectivity index (χ4v) is 6.18. The van der Waals surface area contributed by atoms with E-state index >= 15 is 0 Å². The molecule has 1 spiro atoms. The van der Waals surface area contributed by atoms with Gasteiger partial charge in [-0.2, -0.15) is 17.4 Å². The summed E-state index contributed by atoms with van der Waals surface area (Å²) in [5.41, 5.74) is 8.39. The fourth-order valence-electron chi connectivity index (χ4n) is 4.98. The lowest BCUT2D eigenvalue weighted by Crippen LogP contribution is -2.48. The van der Waals surface area contributed by atoms with Gasteiger partial charge in [0.15, 0.2) is 6.61 Å². The van der Waals surface area contributed by atoms with Gasteiger partial charge in [-0.15, -0.1) is 0 Å². The molecular formula is C25H33N3O4S. The van der Waals surface area contributed by atoms with Gasteiger partial charge in [-0.25, -0.2) is 0 Å². The minimum atomic E-state index is -3.48. The highest BCUT2D eigenvalue weighted by atomic mass is 32.2. The SMILES string of the molecule is NC(=O)COc1ccc(-c2ccc(CNS(=O)(=O)N3CCC4(CCCCC4)CC3)cc2)cc1. The number of carbonyl (C=O) groups excluding carboxylic acids is 1. The van der Waals surface area contributed by atoms with Crippen molar-refractivity contribution in [3.8, 4) is 16.9 Å². The molecule has 0 atom stereocenters.